The Bertz CT molecular complexity index is 732. The normalized spacial score (nSPS) is 11.7. The van der Waals surface area contributed by atoms with E-state index >= 15 is 0 Å². The summed E-state index contributed by atoms with van der Waals surface area (Å²) < 4.78 is 6.17. The van der Waals surface area contributed by atoms with Crippen molar-refractivity contribution in [2.45, 2.75) is 19.5 Å². The average molecular weight is 421 g/mol. The molecule has 0 fully saturated rings. The largest absolute Gasteiger partial charge is 0.496 e. The Labute approximate surface area is 163 Å². The van der Waals surface area contributed by atoms with Crippen LogP contribution in [0.4, 0.5) is 5.69 Å². The van der Waals surface area contributed by atoms with Crippen molar-refractivity contribution < 1.29 is 14.8 Å². The van der Waals surface area contributed by atoms with Gasteiger partial charge in [0.05, 0.1) is 11.6 Å². The maximum Gasteiger partial charge on any atom is 0.275 e. The molecule has 26 heavy (non-hydrogen) atoms. The Morgan fingerprint density at radius 3 is 2.50 bits per heavy atom. The van der Waals surface area contributed by atoms with Crippen molar-refractivity contribution in [2.75, 3.05) is 32.6 Å². The molecule has 2 aromatic rings. The van der Waals surface area contributed by atoms with Crippen LogP contribution in [-0.2, 0) is 11.3 Å². The highest BCUT2D eigenvalue weighted by Gasteiger charge is 2.13. The molecule has 6 heteroatoms. The fourth-order valence-electron chi connectivity index (χ4n) is 2.57. The predicted octanol–water partition coefficient (Wildman–Crippen LogP) is 2.46. The summed E-state index contributed by atoms with van der Waals surface area (Å²) in [5.74, 6) is 0.833. The number of nitrogens with zero attached hydrogens (tertiary/aromatic N) is 1. The van der Waals surface area contributed by atoms with Crippen LogP contribution in [0.3, 0.4) is 0 Å². The van der Waals surface area contributed by atoms with Crippen LogP contribution in [0, 0.1) is 0 Å². The molecule has 140 valence electrons. The third-order valence-corrected chi connectivity index (χ3v) is 4.92. The number of rotatable bonds is 8. The van der Waals surface area contributed by atoms with E-state index in [1.807, 2.05) is 49.7 Å². The lowest BCUT2D eigenvalue weighted by Gasteiger charge is -2.14. The minimum atomic E-state index is 0.0288. The van der Waals surface area contributed by atoms with E-state index in [9.17, 15) is 4.79 Å². The lowest BCUT2D eigenvalue weighted by Crippen LogP contribution is -2.87. The van der Waals surface area contributed by atoms with E-state index in [2.05, 4.69) is 45.2 Å². The zero-order valence-corrected chi connectivity index (χ0v) is 17.3. The molecule has 0 heterocycles. The quantitative estimate of drug-likeness (QED) is 0.689. The first kappa shape index (κ1) is 20.3. The van der Waals surface area contributed by atoms with Crippen molar-refractivity contribution in [3.8, 4) is 5.75 Å². The van der Waals surface area contributed by atoms with Gasteiger partial charge < -0.3 is 20.3 Å². The van der Waals surface area contributed by atoms with Gasteiger partial charge in [0.2, 0.25) is 0 Å². The molecule has 0 saturated heterocycles. The van der Waals surface area contributed by atoms with Gasteiger partial charge in [-0.25, -0.2) is 0 Å². The first-order valence-electron chi connectivity index (χ1n) is 8.60. The van der Waals surface area contributed by atoms with Gasteiger partial charge in [-0.3, -0.25) is 4.79 Å². The summed E-state index contributed by atoms with van der Waals surface area (Å²) in [4.78, 5) is 14.2. The first-order valence-corrected chi connectivity index (χ1v) is 9.39. The Morgan fingerprint density at radius 2 is 1.92 bits per heavy atom. The number of nitrogens with two attached hydrogens (primary N) is 1. The van der Waals surface area contributed by atoms with E-state index in [1.54, 1.807) is 7.11 Å². The highest BCUT2D eigenvalue weighted by Crippen LogP contribution is 2.27. The van der Waals surface area contributed by atoms with Crippen LogP contribution < -0.4 is 20.3 Å². The van der Waals surface area contributed by atoms with E-state index in [0.717, 1.165) is 27.0 Å². The molecule has 2 rings (SSSR count). The molecule has 5 nitrogen and oxygen atoms in total. The van der Waals surface area contributed by atoms with Gasteiger partial charge in [0, 0.05) is 31.9 Å². The lowest BCUT2D eigenvalue weighted by atomic mass is 10.1. The van der Waals surface area contributed by atoms with Crippen LogP contribution in [0.15, 0.2) is 46.9 Å². The van der Waals surface area contributed by atoms with Crippen molar-refractivity contribution in [1.29, 1.82) is 0 Å². The number of nitrogens with one attached hydrogen (secondary N) is 1. The lowest BCUT2D eigenvalue weighted by molar-refractivity contribution is -0.682. The number of hydrogen-bond donors (Lipinski definition) is 2. The number of carbonyl (C=O) groups excluding carboxylic acids is 1. The summed E-state index contributed by atoms with van der Waals surface area (Å²) >= 11 is 3.50. The fraction of sp³-hybridized carbons (Fsp3) is 0.350. The van der Waals surface area contributed by atoms with Crippen LogP contribution in [0.2, 0.25) is 0 Å². The summed E-state index contributed by atoms with van der Waals surface area (Å²) in [6.45, 7) is 3.02. The van der Waals surface area contributed by atoms with Gasteiger partial charge in [-0.1, -0.05) is 12.1 Å². The van der Waals surface area contributed by atoms with Crippen molar-refractivity contribution in [3.63, 3.8) is 0 Å². The summed E-state index contributed by atoms with van der Waals surface area (Å²) in [6, 6.07) is 14.4. The Hall–Kier alpha value is -2.05. The maximum absolute atomic E-state index is 12.1. The number of methoxy groups -OCH3 is 1. The van der Waals surface area contributed by atoms with Gasteiger partial charge in [0.25, 0.3) is 5.91 Å². The summed E-state index contributed by atoms with van der Waals surface area (Å²) in [5.41, 5.74) is 3.38. The second-order valence-electron chi connectivity index (χ2n) is 6.46. The number of hydrogen-bond acceptors (Lipinski definition) is 3. The molecular weight excluding hydrogens is 394 g/mol. The zero-order chi connectivity index (χ0) is 19.1. The molecule has 0 spiro atoms. The monoisotopic (exact) mass is 420 g/mol. The van der Waals surface area contributed by atoms with Gasteiger partial charge >= 0.3 is 0 Å². The van der Waals surface area contributed by atoms with Crippen LogP contribution in [0.1, 0.15) is 24.1 Å². The number of ether oxygens (including phenoxy) is 1. The molecule has 1 atom stereocenters. The fourth-order valence-corrected chi connectivity index (χ4v) is 3.13. The van der Waals surface area contributed by atoms with Crippen molar-refractivity contribution in [2.24, 2.45) is 0 Å². The SMILES string of the molecule is COc1ccc([C@@H](C)[NH2+]CC(=O)NCc2ccc(N(C)C)cc2)cc1Br. The van der Waals surface area contributed by atoms with E-state index in [4.69, 9.17) is 4.74 Å². The standard InChI is InChI=1S/C20H26BrN3O2/c1-14(16-7-10-19(26-4)18(21)11-16)22-13-20(25)23-12-15-5-8-17(9-6-15)24(2)3/h5-11,14,22H,12-13H2,1-4H3,(H,23,25)/p+1/t14-/m1/s1. The Morgan fingerprint density at radius 1 is 1.23 bits per heavy atom. The highest BCUT2D eigenvalue weighted by molar-refractivity contribution is 9.10. The second-order valence-corrected chi connectivity index (χ2v) is 7.31. The van der Waals surface area contributed by atoms with E-state index in [0.29, 0.717) is 13.1 Å². The number of halogens is 1. The molecule has 0 aliphatic rings. The number of quaternary nitrogens is 1. The highest BCUT2D eigenvalue weighted by atomic mass is 79.9. The van der Waals surface area contributed by atoms with Crippen LogP contribution in [0.25, 0.3) is 0 Å². The molecule has 0 aromatic heterocycles. The molecule has 2 aromatic carbocycles. The molecule has 0 radical (unpaired) electrons. The first-order chi connectivity index (χ1) is 12.4. The van der Waals surface area contributed by atoms with Crippen molar-refractivity contribution >= 4 is 27.5 Å². The molecule has 0 aliphatic carbocycles. The second kappa shape index (κ2) is 9.59. The number of amides is 1. The molecule has 0 bridgehead atoms. The molecular formula is C20H27BrN3O2+. The Kier molecular flexibility index (Phi) is 7.48. The maximum atomic E-state index is 12.1. The smallest absolute Gasteiger partial charge is 0.275 e. The zero-order valence-electron chi connectivity index (χ0n) is 15.8. The van der Waals surface area contributed by atoms with Gasteiger partial charge in [-0.2, -0.15) is 0 Å². The van der Waals surface area contributed by atoms with Crippen molar-refractivity contribution in [1.82, 2.24) is 5.32 Å². The number of anilines is 1. The van der Waals surface area contributed by atoms with E-state index in [1.165, 1.54) is 0 Å². The van der Waals surface area contributed by atoms with Crippen LogP contribution in [-0.4, -0.2) is 33.7 Å². The van der Waals surface area contributed by atoms with Gasteiger partial charge in [-0.15, -0.1) is 0 Å². The minimum absolute atomic E-state index is 0.0288. The van der Waals surface area contributed by atoms with E-state index < -0.39 is 0 Å². The number of benzene rings is 2. The van der Waals surface area contributed by atoms with Gasteiger partial charge in [-0.05, 0) is 58.7 Å². The molecule has 1 amide bonds. The van der Waals surface area contributed by atoms with Crippen molar-refractivity contribution in [3.05, 3.63) is 58.1 Å². The average Bonchev–Trinajstić information content (AvgIpc) is 2.64. The van der Waals surface area contributed by atoms with Crippen LogP contribution >= 0.6 is 15.9 Å². The van der Waals surface area contributed by atoms with Gasteiger partial charge in [0.15, 0.2) is 6.54 Å². The topological polar surface area (TPSA) is 58.2 Å². The van der Waals surface area contributed by atoms with E-state index in [-0.39, 0.29) is 11.9 Å². The third-order valence-electron chi connectivity index (χ3n) is 4.30. The summed E-state index contributed by atoms with van der Waals surface area (Å²) in [6.07, 6.45) is 0. The molecule has 0 saturated carbocycles. The molecule has 0 aliphatic heterocycles. The third kappa shape index (κ3) is 5.75. The summed E-state index contributed by atoms with van der Waals surface area (Å²) in [5, 5.41) is 5.00. The van der Waals surface area contributed by atoms with Crippen LogP contribution in [0.5, 0.6) is 5.75 Å². The molecule has 0 unspecified atom stereocenters. The minimum Gasteiger partial charge on any atom is -0.496 e. The van der Waals surface area contributed by atoms with Gasteiger partial charge in [0.1, 0.15) is 11.8 Å². The summed E-state index contributed by atoms with van der Waals surface area (Å²) in [7, 11) is 5.66. The number of carbonyl (C=O) groups is 1. The molecule has 3 N–H and O–H groups in total. The predicted molar refractivity (Wildman–Crippen MR) is 109 cm³/mol. The Balaban J connectivity index is 1.80.